The SMILES string of the molecule is COc1ccc(C(C(=O)NCc2ccc(CC(F)(F)F)nc2SC2CCCCC2)c2ccc(NS(C)(=O)=O)c(F)c2)cc1. The van der Waals surface area contributed by atoms with Crippen molar-refractivity contribution < 1.29 is 35.5 Å². The molecule has 0 bridgehead atoms. The molecule has 4 rings (SSSR count). The smallest absolute Gasteiger partial charge is 0.394 e. The van der Waals surface area contributed by atoms with Gasteiger partial charge in [0, 0.05) is 17.4 Å². The van der Waals surface area contributed by atoms with E-state index in [-0.39, 0.29) is 28.7 Å². The van der Waals surface area contributed by atoms with Crippen LogP contribution < -0.4 is 14.8 Å². The number of ether oxygens (including phenoxy) is 1. The lowest BCUT2D eigenvalue weighted by Gasteiger charge is -2.23. The van der Waals surface area contributed by atoms with Gasteiger partial charge in [0.2, 0.25) is 15.9 Å². The maximum Gasteiger partial charge on any atom is 0.394 e. The average molecular weight is 640 g/mol. The number of rotatable bonds is 11. The number of hydrogen-bond donors (Lipinski definition) is 2. The van der Waals surface area contributed by atoms with E-state index in [1.54, 1.807) is 30.3 Å². The Balaban J connectivity index is 1.62. The van der Waals surface area contributed by atoms with E-state index in [1.807, 2.05) is 0 Å². The number of aromatic nitrogens is 1. The Hall–Kier alpha value is -3.32. The number of thioether (sulfide) groups is 1. The molecule has 0 spiro atoms. The Kier molecular flexibility index (Phi) is 10.6. The monoisotopic (exact) mass is 639 g/mol. The molecule has 1 atom stereocenters. The van der Waals surface area contributed by atoms with Crippen LogP contribution >= 0.6 is 11.8 Å². The van der Waals surface area contributed by atoms with Crippen LogP contribution in [0.25, 0.3) is 0 Å². The fraction of sp³-hybridized carbons (Fsp3) is 0.400. The molecule has 1 aliphatic carbocycles. The number of halogens is 4. The number of benzene rings is 2. The fourth-order valence-electron chi connectivity index (χ4n) is 4.96. The van der Waals surface area contributed by atoms with Crippen molar-refractivity contribution in [1.29, 1.82) is 0 Å². The minimum atomic E-state index is -4.40. The van der Waals surface area contributed by atoms with Crippen LogP contribution in [0.3, 0.4) is 0 Å². The molecule has 0 radical (unpaired) electrons. The van der Waals surface area contributed by atoms with Gasteiger partial charge in [-0.15, -0.1) is 11.8 Å². The van der Waals surface area contributed by atoms with Crippen LogP contribution in [0.4, 0.5) is 23.2 Å². The molecule has 232 valence electrons. The quantitative estimate of drug-likeness (QED) is 0.230. The minimum Gasteiger partial charge on any atom is -0.497 e. The summed E-state index contributed by atoms with van der Waals surface area (Å²) in [7, 11) is -2.23. The number of carbonyl (C=O) groups excluding carboxylic acids is 1. The van der Waals surface area contributed by atoms with Crippen LogP contribution in [0.5, 0.6) is 5.75 Å². The first kappa shape index (κ1) is 32.6. The fourth-order valence-corrected chi connectivity index (χ4v) is 6.87. The molecule has 1 aliphatic rings. The summed E-state index contributed by atoms with van der Waals surface area (Å²) in [4.78, 5) is 18.0. The van der Waals surface area contributed by atoms with Gasteiger partial charge in [0.05, 0.1) is 37.1 Å². The van der Waals surface area contributed by atoms with Crippen LogP contribution in [0.2, 0.25) is 0 Å². The van der Waals surface area contributed by atoms with Gasteiger partial charge in [-0.05, 0) is 54.3 Å². The molecule has 3 aromatic rings. The predicted molar refractivity (Wildman–Crippen MR) is 158 cm³/mol. The Morgan fingerprint density at radius 1 is 1.05 bits per heavy atom. The maximum atomic E-state index is 15.0. The summed E-state index contributed by atoms with van der Waals surface area (Å²) in [5.41, 5.74) is 1.04. The highest BCUT2D eigenvalue weighted by Crippen LogP contribution is 2.35. The summed E-state index contributed by atoms with van der Waals surface area (Å²) in [6.45, 7) is -0.00393. The average Bonchev–Trinajstić information content (AvgIpc) is 2.93. The van der Waals surface area contributed by atoms with E-state index in [4.69, 9.17) is 4.74 Å². The molecule has 1 amide bonds. The zero-order chi connectivity index (χ0) is 31.2. The van der Waals surface area contributed by atoms with Gasteiger partial charge in [-0.3, -0.25) is 9.52 Å². The lowest BCUT2D eigenvalue weighted by molar-refractivity contribution is -0.128. The van der Waals surface area contributed by atoms with Gasteiger partial charge < -0.3 is 10.1 Å². The van der Waals surface area contributed by atoms with Gasteiger partial charge in [-0.2, -0.15) is 13.2 Å². The highest BCUT2D eigenvalue weighted by atomic mass is 32.2. The van der Waals surface area contributed by atoms with Gasteiger partial charge in [-0.25, -0.2) is 17.8 Å². The number of sulfonamides is 1. The van der Waals surface area contributed by atoms with Crippen LogP contribution in [0.15, 0.2) is 59.6 Å². The van der Waals surface area contributed by atoms with E-state index in [2.05, 4.69) is 15.0 Å². The van der Waals surface area contributed by atoms with Crippen LogP contribution in [0.1, 0.15) is 60.4 Å². The highest BCUT2D eigenvalue weighted by molar-refractivity contribution is 7.99. The number of anilines is 1. The maximum absolute atomic E-state index is 15.0. The highest BCUT2D eigenvalue weighted by Gasteiger charge is 2.30. The van der Waals surface area contributed by atoms with E-state index in [0.717, 1.165) is 44.4 Å². The number of amides is 1. The van der Waals surface area contributed by atoms with Gasteiger partial charge in [0.25, 0.3) is 0 Å². The first-order valence-electron chi connectivity index (χ1n) is 13.7. The molecule has 1 unspecified atom stereocenters. The molecule has 2 N–H and O–H groups in total. The van der Waals surface area contributed by atoms with Crippen molar-refractivity contribution in [2.75, 3.05) is 18.1 Å². The number of hydrogen-bond acceptors (Lipinski definition) is 6. The van der Waals surface area contributed by atoms with Crippen molar-refractivity contribution in [2.45, 2.75) is 67.4 Å². The zero-order valence-electron chi connectivity index (χ0n) is 23.7. The predicted octanol–water partition coefficient (Wildman–Crippen LogP) is 6.58. The summed E-state index contributed by atoms with van der Waals surface area (Å²) in [5.74, 6) is -1.78. The lowest BCUT2D eigenvalue weighted by atomic mass is 9.90. The molecule has 1 aromatic heterocycles. The van der Waals surface area contributed by atoms with Crippen molar-refractivity contribution in [3.05, 3.63) is 82.8 Å². The van der Waals surface area contributed by atoms with Gasteiger partial charge >= 0.3 is 6.18 Å². The van der Waals surface area contributed by atoms with E-state index in [9.17, 15) is 30.8 Å². The van der Waals surface area contributed by atoms with E-state index >= 15 is 0 Å². The first-order valence-corrected chi connectivity index (χ1v) is 16.5. The lowest BCUT2D eigenvalue weighted by Crippen LogP contribution is -2.30. The Bertz CT molecular complexity index is 1530. The van der Waals surface area contributed by atoms with Crippen molar-refractivity contribution in [3.8, 4) is 5.75 Å². The summed E-state index contributed by atoms with van der Waals surface area (Å²) >= 11 is 1.45. The number of nitrogens with one attached hydrogen (secondary N) is 2. The molecular weight excluding hydrogens is 606 g/mol. The topological polar surface area (TPSA) is 97.4 Å². The summed E-state index contributed by atoms with van der Waals surface area (Å²) < 4.78 is 84.8. The summed E-state index contributed by atoms with van der Waals surface area (Å²) in [5, 5.41) is 3.55. The number of pyridine rings is 1. The van der Waals surface area contributed by atoms with Crippen molar-refractivity contribution in [2.24, 2.45) is 0 Å². The van der Waals surface area contributed by atoms with E-state index < -0.39 is 40.3 Å². The third-order valence-electron chi connectivity index (χ3n) is 7.00. The normalized spacial score (nSPS) is 15.1. The molecule has 0 saturated heterocycles. The minimum absolute atomic E-state index is 0.00393. The molecule has 13 heteroatoms. The zero-order valence-corrected chi connectivity index (χ0v) is 25.3. The van der Waals surface area contributed by atoms with Gasteiger partial charge in [-0.1, -0.05) is 43.5 Å². The molecule has 0 aliphatic heterocycles. The largest absolute Gasteiger partial charge is 0.497 e. The summed E-state index contributed by atoms with van der Waals surface area (Å²) in [6.07, 6.45) is 0.457. The van der Waals surface area contributed by atoms with E-state index in [1.165, 1.54) is 37.1 Å². The van der Waals surface area contributed by atoms with Crippen LogP contribution in [-0.2, 0) is 27.8 Å². The summed E-state index contributed by atoms with van der Waals surface area (Å²) in [6, 6.07) is 13.3. The number of nitrogens with zero attached hydrogens (tertiary/aromatic N) is 1. The molecule has 1 heterocycles. The van der Waals surface area contributed by atoms with Crippen LogP contribution in [-0.4, -0.2) is 44.1 Å². The second kappa shape index (κ2) is 14.0. The second-order valence-corrected chi connectivity index (χ2v) is 13.5. The molecule has 7 nitrogen and oxygen atoms in total. The van der Waals surface area contributed by atoms with Crippen molar-refractivity contribution in [3.63, 3.8) is 0 Å². The Morgan fingerprint density at radius 3 is 2.33 bits per heavy atom. The van der Waals surface area contributed by atoms with Crippen molar-refractivity contribution in [1.82, 2.24) is 10.3 Å². The second-order valence-electron chi connectivity index (χ2n) is 10.5. The molecule has 1 fully saturated rings. The van der Waals surface area contributed by atoms with Gasteiger partial charge in [0.15, 0.2) is 0 Å². The molecule has 2 aromatic carbocycles. The van der Waals surface area contributed by atoms with E-state index in [0.29, 0.717) is 21.9 Å². The molecular formula is C30H33F4N3O4S2. The Labute approximate surface area is 252 Å². The van der Waals surface area contributed by atoms with Gasteiger partial charge in [0.1, 0.15) is 16.6 Å². The third kappa shape index (κ3) is 9.59. The van der Waals surface area contributed by atoms with Crippen molar-refractivity contribution >= 4 is 33.4 Å². The molecule has 43 heavy (non-hydrogen) atoms. The standard InChI is InChI=1S/C30H33F4N3O4S2/c1-41-23-13-9-19(10-14-23)27(20-11-15-26(25(31)16-20)37-43(2,39)40)28(38)35-18-21-8-12-22(17-30(32,33)34)36-29(21)42-24-6-4-3-5-7-24/h8-16,24,27,37H,3-7,17-18H2,1-2H3,(H,35,38). The third-order valence-corrected chi connectivity index (χ3v) is 8.97. The number of methoxy groups -OCH3 is 1. The number of carbonyl (C=O) groups is 1. The first-order chi connectivity index (χ1) is 20.3. The Morgan fingerprint density at radius 2 is 1.72 bits per heavy atom. The van der Waals surface area contributed by atoms with Crippen LogP contribution in [0, 0.1) is 5.82 Å². The molecule has 1 saturated carbocycles. The number of alkyl halides is 3.